The van der Waals surface area contributed by atoms with Gasteiger partial charge in [0.05, 0.1) is 12.0 Å². The fourth-order valence-corrected chi connectivity index (χ4v) is 5.05. The van der Waals surface area contributed by atoms with Crippen molar-refractivity contribution in [3.63, 3.8) is 0 Å². The van der Waals surface area contributed by atoms with Gasteiger partial charge >= 0.3 is 0 Å². The third-order valence-electron chi connectivity index (χ3n) is 5.09. The van der Waals surface area contributed by atoms with Crippen LogP contribution in [0.2, 0.25) is 0 Å². The maximum absolute atomic E-state index is 12.5. The molecule has 1 aliphatic rings. The van der Waals surface area contributed by atoms with E-state index >= 15 is 0 Å². The molecular weight excluding hydrogens is 418 g/mol. The first-order valence-electron chi connectivity index (χ1n) is 9.64. The zero-order valence-corrected chi connectivity index (χ0v) is 18.1. The minimum absolute atomic E-state index is 0. The summed E-state index contributed by atoms with van der Waals surface area (Å²) in [7, 11) is 0. The van der Waals surface area contributed by atoms with Crippen molar-refractivity contribution >= 4 is 40.6 Å². The monoisotopic (exact) mass is 441 g/mol. The highest BCUT2D eigenvalue weighted by Crippen LogP contribution is 2.37. The van der Waals surface area contributed by atoms with Gasteiger partial charge in [0.2, 0.25) is 5.91 Å². The van der Waals surface area contributed by atoms with E-state index in [1.807, 2.05) is 48.5 Å². The van der Waals surface area contributed by atoms with Gasteiger partial charge in [-0.2, -0.15) is 0 Å². The molecule has 3 aromatic rings. The lowest BCUT2D eigenvalue weighted by Crippen LogP contribution is -2.30. The number of hydrogen-bond acceptors (Lipinski definition) is 4. The van der Waals surface area contributed by atoms with Gasteiger partial charge < -0.3 is 11.1 Å². The number of benzene rings is 2. The highest BCUT2D eigenvalue weighted by atomic mass is 35.5. The van der Waals surface area contributed by atoms with E-state index in [1.165, 1.54) is 16.9 Å². The third-order valence-corrected chi connectivity index (χ3v) is 6.22. The number of thiophene rings is 1. The molecular formula is C23H24ClN3O2S. The van der Waals surface area contributed by atoms with Gasteiger partial charge in [-0.25, -0.2) is 0 Å². The number of rotatable bonds is 6. The molecule has 0 bridgehead atoms. The zero-order chi connectivity index (χ0) is 20.2. The van der Waals surface area contributed by atoms with E-state index < -0.39 is 5.91 Å². The van der Waals surface area contributed by atoms with Gasteiger partial charge in [-0.05, 0) is 23.1 Å². The molecule has 0 fully saturated rings. The smallest absolute Gasteiger partial charge is 0.251 e. The quantitative estimate of drug-likeness (QED) is 0.606. The number of nitrogens with one attached hydrogen (secondary N) is 1. The predicted molar refractivity (Wildman–Crippen MR) is 123 cm³/mol. The lowest BCUT2D eigenvalue weighted by molar-refractivity contribution is -0.115. The van der Waals surface area contributed by atoms with E-state index in [-0.39, 0.29) is 24.7 Å². The average molecular weight is 442 g/mol. The van der Waals surface area contributed by atoms with Crippen molar-refractivity contribution in [3.05, 3.63) is 87.8 Å². The van der Waals surface area contributed by atoms with E-state index in [2.05, 4.69) is 22.3 Å². The van der Waals surface area contributed by atoms with Crippen LogP contribution >= 0.6 is 23.7 Å². The van der Waals surface area contributed by atoms with E-state index in [0.717, 1.165) is 42.1 Å². The van der Waals surface area contributed by atoms with Crippen LogP contribution in [0.1, 0.15) is 31.9 Å². The Bertz CT molecular complexity index is 1020. The average Bonchev–Trinajstić information content (AvgIpc) is 3.06. The molecule has 2 aromatic carbocycles. The number of nitrogens with zero attached hydrogens (tertiary/aromatic N) is 1. The number of amides is 2. The van der Waals surface area contributed by atoms with Crippen molar-refractivity contribution < 1.29 is 9.59 Å². The normalized spacial score (nSPS) is 13.2. The van der Waals surface area contributed by atoms with Gasteiger partial charge in [-0.15, -0.1) is 23.7 Å². The van der Waals surface area contributed by atoms with Crippen molar-refractivity contribution in [1.29, 1.82) is 0 Å². The lowest BCUT2D eigenvalue weighted by atomic mass is 10.0. The fourth-order valence-electron chi connectivity index (χ4n) is 3.73. The molecule has 0 atom stereocenters. The number of halogens is 1. The first-order valence-corrected chi connectivity index (χ1v) is 10.5. The standard InChI is InChI=1S/C23H23N3O2S.ClH/c24-22(28)21-18-11-12-26(14-17-9-5-2-6-10-17)15-19(18)29-23(21)25-20(27)13-16-7-3-1-4-8-16;/h1-10H,11-15H2,(H2,24,28)(H,25,27);1H. The van der Waals surface area contributed by atoms with Crippen molar-refractivity contribution in [1.82, 2.24) is 4.90 Å². The van der Waals surface area contributed by atoms with Crippen LogP contribution < -0.4 is 11.1 Å². The zero-order valence-electron chi connectivity index (χ0n) is 16.5. The molecule has 0 saturated heterocycles. The van der Waals surface area contributed by atoms with Gasteiger partial charge in [0.1, 0.15) is 5.00 Å². The minimum atomic E-state index is -0.478. The second kappa shape index (κ2) is 9.89. The molecule has 5 nitrogen and oxygen atoms in total. The molecule has 4 rings (SSSR count). The summed E-state index contributed by atoms with van der Waals surface area (Å²) in [4.78, 5) is 28.1. The summed E-state index contributed by atoms with van der Waals surface area (Å²) in [6.45, 7) is 2.47. The van der Waals surface area contributed by atoms with Crippen LogP contribution in [0.25, 0.3) is 0 Å². The number of carbonyl (C=O) groups is 2. The molecule has 0 unspecified atom stereocenters. The molecule has 2 amide bonds. The Morgan fingerprint density at radius 2 is 1.63 bits per heavy atom. The highest BCUT2D eigenvalue weighted by molar-refractivity contribution is 7.17. The third kappa shape index (κ3) is 5.08. The van der Waals surface area contributed by atoms with E-state index in [1.54, 1.807) is 0 Å². The summed E-state index contributed by atoms with van der Waals surface area (Å²) in [5.74, 6) is -0.618. The van der Waals surface area contributed by atoms with Crippen molar-refractivity contribution in [2.24, 2.45) is 5.73 Å². The molecule has 0 radical (unpaired) electrons. The van der Waals surface area contributed by atoms with Crippen LogP contribution in [0.4, 0.5) is 5.00 Å². The van der Waals surface area contributed by atoms with Gasteiger partial charge in [0.15, 0.2) is 0 Å². The summed E-state index contributed by atoms with van der Waals surface area (Å²) in [6.07, 6.45) is 1.02. The van der Waals surface area contributed by atoms with Gasteiger partial charge in [-0.1, -0.05) is 60.7 Å². The molecule has 30 heavy (non-hydrogen) atoms. The number of hydrogen-bond donors (Lipinski definition) is 2. The van der Waals surface area contributed by atoms with E-state index in [9.17, 15) is 9.59 Å². The number of anilines is 1. The Hall–Kier alpha value is -2.67. The summed E-state index contributed by atoms with van der Waals surface area (Å²) in [6, 6.07) is 19.9. The topological polar surface area (TPSA) is 75.4 Å². The number of carbonyl (C=O) groups excluding carboxylic acids is 2. The summed E-state index contributed by atoms with van der Waals surface area (Å²) in [5, 5.41) is 3.50. The van der Waals surface area contributed by atoms with Crippen LogP contribution in [0.3, 0.4) is 0 Å². The Kier molecular flexibility index (Phi) is 7.26. The summed E-state index contributed by atoms with van der Waals surface area (Å²) < 4.78 is 0. The molecule has 1 aliphatic heterocycles. The Morgan fingerprint density at radius 3 is 2.27 bits per heavy atom. The first kappa shape index (κ1) is 22.0. The Labute approximate surface area is 186 Å². The highest BCUT2D eigenvalue weighted by Gasteiger charge is 2.27. The second-order valence-electron chi connectivity index (χ2n) is 7.23. The molecule has 0 spiro atoms. The van der Waals surface area contributed by atoms with Crippen LogP contribution in [-0.4, -0.2) is 23.3 Å². The molecule has 3 N–H and O–H groups in total. The molecule has 7 heteroatoms. The van der Waals surface area contributed by atoms with Crippen molar-refractivity contribution in [2.45, 2.75) is 25.9 Å². The maximum atomic E-state index is 12.5. The molecule has 0 saturated carbocycles. The van der Waals surface area contributed by atoms with Gasteiger partial charge in [-0.3, -0.25) is 14.5 Å². The predicted octanol–water partition coefficient (Wildman–Crippen LogP) is 4.01. The maximum Gasteiger partial charge on any atom is 0.251 e. The van der Waals surface area contributed by atoms with Gasteiger partial charge in [0, 0.05) is 24.5 Å². The number of fused-ring (bicyclic) bond motifs is 1. The van der Waals surface area contributed by atoms with E-state index in [4.69, 9.17) is 5.73 Å². The Balaban J connectivity index is 0.00000256. The lowest BCUT2D eigenvalue weighted by Gasteiger charge is -2.27. The van der Waals surface area contributed by atoms with Crippen molar-refractivity contribution in [3.8, 4) is 0 Å². The first-order chi connectivity index (χ1) is 14.1. The summed E-state index contributed by atoms with van der Waals surface area (Å²) in [5.41, 5.74) is 9.33. The number of primary amides is 1. The molecule has 2 heterocycles. The van der Waals surface area contributed by atoms with E-state index in [0.29, 0.717) is 10.6 Å². The SMILES string of the molecule is Cl.NC(=O)c1c(NC(=O)Cc2ccccc2)sc2c1CCN(Cc1ccccc1)C2. The Morgan fingerprint density at radius 1 is 1.00 bits per heavy atom. The number of nitrogens with two attached hydrogens (primary N) is 1. The van der Waals surface area contributed by atoms with Gasteiger partial charge in [0.25, 0.3) is 5.91 Å². The summed E-state index contributed by atoms with van der Waals surface area (Å²) >= 11 is 1.47. The second-order valence-corrected chi connectivity index (χ2v) is 8.33. The molecule has 1 aromatic heterocycles. The fraction of sp³-hybridized carbons (Fsp3) is 0.217. The van der Waals surface area contributed by atoms with Crippen LogP contribution in [0, 0.1) is 0 Å². The largest absolute Gasteiger partial charge is 0.365 e. The molecule has 0 aliphatic carbocycles. The van der Waals surface area contributed by atoms with Crippen molar-refractivity contribution in [2.75, 3.05) is 11.9 Å². The minimum Gasteiger partial charge on any atom is -0.365 e. The van der Waals surface area contributed by atoms with Crippen LogP contribution in [0.5, 0.6) is 0 Å². The van der Waals surface area contributed by atoms with Crippen LogP contribution in [0.15, 0.2) is 60.7 Å². The molecule has 156 valence electrons. The van der Waals surface area contributed by atoms with Crippen LogP contribution in [-0.2, 0) is 30.7 Å².